The first-order chi connectivity index (χ1) is 10.3. The van der Waals surface area contributed by atoms with Gasteiger partial charge in [0.25, 0.3) is 0 Å². The number of hydrogen-bond acceptors (Lipinski definition) is 1. The van der Waals surface area contributed by atoms with Gasteiger partial charge in [0, 0.05) is 36.2 Å². The fourth-order valence-electron chi connectivity index (χ4n) is 2.45. The zero-order valence-electron chi connectivity index (χ0n) is 12.9. The van der Waals surface area contributed by atoms with Crippen LogP contribution in [-0.2, 0) is 6.42 Å². The number of nitrogens with zero attached hydrogens (tertiary/aromatic N) is 1. The molecule has 0 amide bonds. The van der Waals surface area contributed by atoms with Gasteiger partial charge in [0.05, 0.1) is 0 Å². The molecule has 4 heteroatoms. The number of aliphatic imine (C=N–C) groups is 1. The van der Waals surface area contributed by atoms with Crippen molar-refractivity contribution in [2.45, 2.75) is 20.3 Å². The Bertz CT molecular complexity index is 625. The Morgan fingerprint density at radius 1 is 1.33 bits per heavy atom. The molecule has 1 aromatic heterocycles. The van der Waals surface area contributed by atoms with Gasteiger partial charge in [-0.3, -0.25) is 4.99 Å². The summed E-state index contributed by atoms with van der Waals surface area (Å²) in [6.45, 7) is 10.2. The molecule has 0 aliphatic rings. The van der Waals surface area contributed by atoms with Crippen molar-refractivity contribution >= 4 is 16.9 Å². The molecule has 112 valence electrons. The molecule has 0 unspecified atom stereocenters. The number of para-hydroxylation sites is 1. The number of rotatable bonds is 6. The highest BCUT2D eigenvalue weighted by Crippen LogP contribution is 2.22. The van der Waals surface area contributed by atoms with E-state index in [2.05, 4.69) is 65.3 Å². The van der Waals surface area contributed by atoms with E-state index in [1.165, 1.54) is 22.2 Å². The van der Waals surface area contributed by atoms with Gasteiger partial charge in [0.2, 0.25) is 0 Å². The SMILES string of the molecule is C=CCNC(=NCCc1c(C)[nH]c2ccccc12)NCC. The smallest absolute Gasteiger partial charge is 0.191 e. The van der Waals surface area contributed by atoms with Crippen molar-refractivity contribution in [1.29, 1.82) is 0 Å². The van der Waals surface area contributed by atoms with Crippen LogP contribution < -0.4 is 10.6 Å². The number of benzene rings is 1. The van der Waals surface area contributed by atoms with Crippen molar-refractivity contribution in [2.24, 2.45) is 4.99 Å². The van der Waals surface area contributed by atoms with Crippen LogP contribution in [0.25, 0.3) is 10.9 Å². The van der Waals surface area contributed by atoms with Gasteiger partial charge < -0.3 is 15.6 Å². The number of nitrogens with one attached hydrogen (secondary N) is 3. The minimum absolute atomic E-state index is 0.720. The van der Waals surface area contributed by atoms with E-state index in [1.807, 2.05) is 6.08 Å². The number of fused-ring (bicyclic) bond motifs is 1. The lowest BCUT2D eigenvalue weighted by atomic mass is 10.1. The standard InChI is InChI=1S/C17H24N4/c1-4-11-19-17(18-5-2)20-12-10-14-13(3)21-16-9-7-6-8-15(14)16/h4,6-9,21H,1,5,10-12H2,2-3H3,(H2,18,19,20). The Hall–Kier alpha value is -2.23. The lowest BCUT2D eigenvalue weighted by molar-refractivity contribution is 0.851. The maximum absolute atomic E-state index is 4.61. The summed E-state index contributed by atoms with van der Waals surface area (Å²) < 4.78 is 0. The highest BCUT2D eigenvalue weighted by molar-refractivity contribution is 5.84. The highest BCUT2D eigenvalue weighted by Gasteiger charge is 2.07. The van der Waals surface area contributed by atoms with Crippen LogP contribution in [0.4, 0.5) is 0 Å². The molecule has 4 nitrogen and oxygen atoms in total. The van der Waals surface area contributed by atoms with Crippen LogP contribution in [0.3, 0.4) is 0 Å². The van der Waals surface area contributed by atoms with Crippen molar-refractivity contribution < 1.29 is 0 Å². The van der Waals surface area contributed by atoms with E-state index in [-0.39, 0.29) is 0 Å². The molecule has 2 rings (SSSR count). The molecular formula is C17H24N4. The fourth-order valence-corrected chi connectivity index (χ4v) is 2.45. The molecule has 0 atom stereocenters. The average Bonchev–Trinajstić information content (AvgIpc) is 2.81. The van der Waals surface area contributed by atoms with Crippen LogP contribution >= 0.6 is 0 Å². The summed E-state index contributed by atoms with van der Waals surface area (Å²) in [4.78, 5) is 8.04. The third-order valence-corrected chi connectivity index (χ3v) is 3.42. The summed E-state index contributed by atoms with van der Waals surface area (Å²) in [5, 5.41) is 7.75. The monoisotopic (exact) mass is 284 g/mol. The summed E-state index contributed by atoms with van der Waals surface area (Å²) >= 11 is 0. The minimum atomic E-state index is 0.720. The van der Waals surface area contributed by atoms with Crippen molar-refractivity contribution in [1.82, 2.24) is 15.6 Å². The number of H-pyrrole nitrogens is 1. The summed E-state index contributed by atoms with van der Waals surface area (Å²) in [6.07, 6.45) is 2.76. The average molecular weight is 284 g/mol. The Balaban J connectivity index is 2.06. The molecule has 0 bridgehead atoms. The van der Waals surface area contributed by atoms with Crippen LogP contribution in [0.5, 0.6) is 0 Å². The number of aromatic nitrogens is 1. The Kier molecular flexibility index (Phi) is 5.43. The number of aryl methyl sites for hydroxylation is 1. The van der Waals surface area contributed by atoms with Crippen molar-refractivity contribution in [3.63, 3.8) is 0 Å². The molecule has 0 aliphatic carbocycles. The molecule has 0 saturated heterocycles. The third kappa shape index (κ3) is 3.88. The van der Waals surface area contributed by atoms with Crippen LogP contribution in [0.1, 0.15) is 18.2 Å². The maximum Gasteiger partial charge on any atom is 0.191 e. The molecule has 21 heavy (non-hydrogen) atoms. The van der Waals surface area contributed by atoms with Gasteiger partial charge in [-0.1, -0.05) is 24.3 Å². The first kappa shape index (κ1) is 15.2. The predicted octanol–water partition coefficient (Wildman–Crippen LogP) is 2.76. The fraction of sp³-hybridized carbons (Fsp3) is 0.353. The second-order valence-corrected chi connectivity index (χ2v) is 4.95. The third-order valence-electron chi connectivity index (χ3n) is 3.42. The second-order valence-electron chi connectivity index (χ2n) is 4.95. The van der Waals surface area contributed by atoms with Crippen molar-refractivity contribution in [3.05, 3.63) is 48.2 Å². The normalized spacial score (nSPS) is 11.6. The first-order valence-electron chi connectivity index (χ1n) is 7.45. The number of guanidine groups is 1. The lowest BCUT2D eigenvalue weighted by Crippen LogP contribution is -2.37. The quantitative estimate of drug-likeness (QED) is 0.434. The molecule has 0 radical (unpaired) electrons. The topological polar surface area (TPSA) is 52.2 Å². The summed E-state index contributed by atoms with van der Waals surface area (Å²) in [5.41, 5.74) is 3.79. The van der Waals surface area contributed by atoms with Crippen LogP contribution in [0.15, 0.2) is 41.9 Å². The Labute approximate surface area is 126 Å². The zero-order chi connectivity index (χ0) is 15.1. The van der Waals surface area contributed by atoms with E-state index in [4.69, 9.17) is 0 Å². The Morgan fingerprint density at radius 2 is 2.14 bits per heavy atom. The zero-order valence-corrected chi connectivity index (χ0v) is 12.9. The first-order valence-corrected chi connectivity index (χ1v) is 7.45. The molecule has 0 spiro atoms. The van der Waals surface area contributed by atoms with Gasteiger partial charge in [-0.05, 0) is 31.9 Å². The van der Waals surface area contributed by atoms with Crippen molar-refractivity contribution in [2.75, 3.05) is 19.6 Å². The summed E-state index contributed by atoms with van der Waals surface area (Å²) in [6, 6.07) is 8.42. The predicted molar refractivity (Wildman–Crippen MR) is 90.9 cm³/mol. The van der Waals surface area contributed by atoms with Crippen LogP contribution in [0, 0.1) is 6.92 Å². The summed E-state index contributed by atoms with van der Waals surface area (Å²) in [7, 11) is 0. The second kappa shape index (κ2) is 7.53. The number of hydrogen-bond donors (Lipinski definition) is 3. The van der Waals surface area contributed by atoms with Crippen LogP contribution in [-0.4, -0.2) is 30.6 Å². The van der Waals surface area contributed by atoms with Gasteiger partial charge in [0.15, 0.2) is 5.96 Å². The van der Waals surface area contributed by atoms with E-state index >= 15 is 0 Å². The molecule has 2 aromatic rings. The van der Waals surface area contributed by atoms with Gasteiger partial charge in [-0.2, -0.15) is 0 Å². The van der Waals surface area contributed by atoms with Gasteiger partial charge >= 0.3 is 0 Å². The lowest BCUT2D eigenvalue weighted by Gasteiger charge is -2.09. The molecule has 3 N–H and O–H groups in total. The largest absolute Gasteiger partial charge is 0.358 e. The Morgan fingerprint density at radius 3 is 2.90 bits per heavy atom. The molecule has 1 aromatic carbocycles. The molecule has 0 saturated carbocycles. The van der Waals surface area contributed by atoms with E-state index in [1.54, 1.807) is 0 Å². The van der Waals surface area contributed by atoms with E-state index in [9.17, 15) is 0 Å². The highest BCUT2D eigenvalue weighted by atomic mass is 15.2. The van der Waals surface area contributed by atoms with Gasteiger partial charge in [-0.15, -0.1) is 6.58 Å². The maximum atomic E-state index is 4.61. The minimum Gasteiger partial charge on any atom is -0.358 e. The van der Waals surface area contributed by atoms with E-state index in [0.29, 0.717) is 0 Å². The van der Waals surface area contributed by atoms with Crippen LogP contribution in [0.2, 0.25) is 0 Å². The van der Waals surface area contributed by atoms with Gasteiger partial charge in [0.1, 0.15) is 0 Å². The summed E-state index contributed by atoms with van der Waals surface area (Å²) in [5.74, 6) is 0.842. The molecule has 0 fully saturated rings. The number of aromatic amines is 1. The molecule has 1 heterocycles. The van der Waals surface area contributed by atoms with E-state index in [0.717, 1.165) is 32.0 Å². The molecular weight excluding hydrogens is 260 g/mol. The van der Waals surface area contributed by atoms with Gasteiger partial charge in [-0.25, -0.2) is 0 Å². The van der Waals surface area contributed by atoms with E-state index < -0.39 is 0 Å². The van der Waals surface area contributed by atoms with Crippen molar-refractivity contribution in [3.8, 4) is 0 Å². The molecule has 0 aliphatic heterocycles.